The molecule has 0 bridgehead atoms. The minimum Gasteiger partial charge on any atom is -0.449 e. The zero-order valence-corrected chi connectivity index (χ0v) is 12.7. The van der Waals surface area contributed by atoms with Gasteiger partial charge in [-0.15, -0.1) is 0 Å². The van der Waals surface area contributed by atoms with E-state index >= 15 is 0 Å². The molecule has 1 heterocycles. The number of ether oxygens (including phenoxy) is 1. The number of esters is 1. The summed E-state index contributed by atoms with van der Waals surface area (Å²) in [5.41, 5.74) is 0.894. The molecule has 0 radical (unpaired) electrons. The van der Waals surface area contributed by atoms with Gasteiger partial charge in [0.15, 0.2) is 6.10 Å². The van der Waals surface area contributed by atoms with Gasteiger partial charge in [-0.05, 0) is 42.8 Å². The summed E-state index contributed by atoms with van der Waals surface area (Å²) in [5.74, 6) is -0.965. The number of anilines is 1. The van der Waals surface area contributed by atoms with Crippen molar-refractivity contribution in [3.05, 3.63) is 59.4 Å². The minimum absolute atomic E-state index is 0.306. The lowest BCUT2D eigenvalue weighted by atomic mass is 10.2. The van der Waals surface area contributed by atoms with Crippen LogP contribution in [-0.4, -0.2) is 23.0 Å². The summed E-state index contributed by atoms with van der Waals surface area (Å²) in [5, 5.41) is 3.26. The van der Waals surface area contributed by atoms with Crippen molar-refractivity contribution in [3.8, 4) is 0 Å². The van der Waals surface area contributed by atoms with Crippen LogP contribution in [0.4, 0.5) is 5.69 Å². The number of benzene rings is 1. The second-order valence-electron chi connectivity index (χ2n) is 4.54. The highest BCUT2D eigenvalue weighted by Gasteiger charge is 2.22. The molecule has 1 N–H and O–H groups in total. The highest BCUT2D eigenvalue weighted by Crippen LogP contribution is 2.15. The number of pyridine rings is 1. The van der Waals surface area contributed by atoms with E-state index in [1.807, 2.05) is 0 Å². The van der Waals surface area contributed by atoms with Gasteiger partial charge in [-0.3, -0.25) is 9.78 Å². The van der Waals surface area contributed by atoms with Gasteiger partial charge in [-0.1, -0.05) is 18.5 Å². The molecule has 0 saturated heterocycles. The van der Waals surface area contributed by atoms with Crippen LogP contribution < -0.4 is 5.32 Å². The fraction of sp³-hybridized carbons (Fsp3) is 0.188. The molecular formula is C16H15ClN2O3. The van der Waals surface area contributed by atoms with Crippen LogP contribution in [0.5, 0.6) is 0 Å². The molecule has 0 aliphatic rings. The van der Waals surface area contributed by atoms with Gasteiger partial charge in [0, 0.05) is 23.1 Å². The van der Waals surface area contributed by atoms with Crippen molar-refractivity contribution in [1.29, 1.82) is 0 Å². The van der Waals surface area contributed by atoms with Gasteiger partial charge in [0.1, 0.15) is 0 Å². The molecule has 2 rings (SSSR count). The average molecular weight is 319 g/mol. The number of carbonyl (C=O) groups excluding carboxylic acids is 2. The van der Waals surface area contributed by atoms with Crippen LogP contribution in [0.3, 0.4) is 0 Å². The second-order valence-corrected chi connectivity index (χ2v) is 4.98. The highest BCUT2D eigenvalue weighted by molar-refractivity contribution is 6.30. The molecule has 1 aromatic heterocycles. The summed E-state index contributed by atoms with van der Waals surface area (Å²) < 4.78 is 5.23. The lowest BCUT2D eigenvalue weighted by Gasteiger charge is -2.16. The number of amides is 1. The van der Waals surface area contributed by atoms with Crippen molar-refractivity contribution in [2.45, 2.75) is 19.4 Å². The van der Waals surface area contributed by atoms with Crippen LogP contribution >= 0.6 is 11.6 Å². The maximum absolute atomic E-state index is 12.2. The van der Waals surface area contributed by atoms with Crippen LogP contribution in [0.25, 0.3) is 0 Å². The molecule has 0 aliphatic heterocycles. The smallest absolute Gasteiger partial charge is 0.340 e. The zero-order chi connectivity index (χ0) is 15.9. The quantitative estimate of drug-likeness (QED) is 0.859. The molecular weight excluding hydrogens is 304 g/mol. The van der Waals surface area contributed by atoms with Gasteiger partial charge >= 0.3 is 5.97 Å². The Morgan fingerprint density at radius 3 is 2.59 bits per heavy atom. The van der Waals surface area contributed by atoms with E-state index in [1.54, 1.807) is 49.5 Å². The fourth-order valence-corrected chi connectivity index (χ4v) is 1.88. The fourth-order valence-electron chi connectivity index (χ4n) is 1.76. The first-order valence-electron chi connectivity index (χ1n) is 6.77. The predicted octanol–water partition coefficient (Wildman–Crippen LogP) is 3.31. The van der Waals surface area contributed by atoms with Crippen LogP contribution in [0, 0.1) is 0 Å². The SMILES string of the molecule is CCC(OC(=O)c1cccnc1)C(=O)Nc1ccc(Cl)cc1. The molecule has 1 unspecified atom stereocenters. The Labute approximate surface area is 133 Å². The number of halogens is 1. The third kappa shape index (κ3) is 4.30. The number of nitrogens with zero attached hydrogens (tertiary/aromatic N) is 1. The van der Waals surface area contributed by atoms with E-state index in [2.05, 4.69) is 10.3 Å². The first-order valence-corrected chi connectivity index (χ1v) is 7.15. The van der Waals surface area contributed by atoms with Gasteiger partial charge in [-0.25, -0.2) is 4.79 Å². The molecule has 0 spiro atoms. The molecule has 1 aromatic carbocycles. The summed E-state index contributed by atoms with van der Waals surface area (Å²) in [6.07, 6.45) is 2.45. The van der Waals surface area contributed by atoms with E-state index in [0.717, 1.165) is 0 Å². The Kier molecular flexibility index (Phi) is 5.49. The molecule has 6 heteroatoms. The van der Waals surface area contributed by atoms with Crippen LogP contribution in [0.1, 0.15) is 23.7 Å². The van der Waals surface area contributed by atoms with E-state index < -0.39 is 12.1 Å². The predicted molar refractivity (Wildman–Crippen MR) is 83.8 cm³/mol. The molecule has 0 fully saturated rings. The number of carbonyl (C=O) groups is 2. The maximum atomic E-state index is 12.2. The van der Waals surface area contributed by atoms with Gasteiger partial charge < -0.3 is 10.1 Å². The number of aromatic nitrogens is 1. The Morgan fingerprint density at radius 1 is 1.27 bits per heavy atom. The molecule has 22 heavy (non-hydrogen) atoms. The third-order valence-electron chi connectivity index (χ3n) is 2.92. The van der Waals surface area contributed by atoms with E-state index in [-0.39, 0.29) is 5.91 Å². The summed E-state index contributed by atoms with van der Waals surface area (Å²) in [4.78, 5) is 28.0. The first kappa shape index (κ1) is 16.0. The molecule has 1 atom stereocenters. The van der Waals surface area contributed by atoms with Gasteiger partial charge in [0.05, 0.1) is 5.56 Å². The second kappa shape index (κ2) is 7.56. The third-order valence-corrected chi connectivity index (χ3v) is 3.17. The van der Waals surface area contributed by atoms with Crippen LogP contribution in [-0.2, 0) is 9.53 Å². The number of hydrogen-bond acceptors (Lipinski definition) is 4. The van der Waals surface area contributed by atoms with Crippen molar-refractivity contribution >= 4 is 29.2 Å². The molecule has 0 aliphatic carbocycles. The Morgan fingerprint density at radius 2 is 2.00 bits per heavy atom. The lowest BCUT2D eigenvalue weighted by molar-refractivity contribution is -0.124. The summed E-state index contributed by atoms with van der Waals surface area (Å²) in [6.45, 7) is 1.77. The monoisotopic (exact) mass is 318 g/mol. The average Bonchev–Trinajstić information content (AvgIpc) is 2.55. The topological polar surface area (TPSA) is 68.3 Å². The van der Waals surface area contributed by atoms with Gasteiger partial charge in [-0.2, -0.15) is 0 Å². The lowest BCUT2D eigenvalue weighted by Crippen LogP contribution is -2.32. The van der Waals surface area contributed by atoms with E-state index in [1.165, 1.54) is 6.20 Å². The van der Waals surface area contributed by atoms with Gasteiger partial charge in [0.25, 0.3) is 5.91 Å². The van der Waals surface area contributed by atoms with Crippen molar-refractivity contribution in [3.63, 3.8) is 0 Å². The standard InChI is InChI=1S/C16H15ClN2O3/c1-2-14(22-16(21)11-4-3-9-18-10-11)15(20)19-13-7-5-12(17)6-8-13/h3-10,14H,2H2,1H3,(H,19,20). The summed E-state index contributed by atoms with van der Waals surface area (Å²) >= 11 is 5.79. The maximum Gasteiger partial charge on any atom is 0.340 e. The normalized spacial score (nSPS) is 11.5. The Balaban J connectivity index is 2.00. The Bertz CT molecular complexity index is 644. The molecule has 0 saturated carbocycles. The molecule has 1 amide bonds. The molecule has 5 nitrogen and oxygen atoms in total. The highest BCUT2D eigenvalue weighted by atomic mass is 35.5. The van der Waals surface area contributed by atoms with Crippen molar-refractivity contribution in [2.75, 3.05) is 5.32 Å². The number of rotatable bonds is 5. The number of nitrogens with one attached hydrogen (secondary N) is 1. The van der Waals surface area contributed by atoms with Gasteiger partial charge in [0.2, 0.25) is 0 Å². The zero-order valence-electron chi connectivity index (χ0n) is 12.0. The largest absolute Gasteiger partial charge is 0.449 e. The van der Waals surface area contributed by atoms with Crippen LogP contribution in [0.15, 0.2) is 48.8 Å². The van der Waals surface area contributed by atoms with Crippen LogP contribution in [0.2, 0.25) is 5.02 Å². The van der Waals surface area contributed by atoms with Crippen molar-refractivity contribution < 1.29 is 14.3 Å². The molecule has 2 aromatic rings. The minimum atomic E-state index is -0.872. The summed E-state index contributed by atoms with van der Waals surface area (Å²) in [7, 11) is 0. The molecule has 114 valence electrons. The van der Waals surface area contributed by atoms with E-state index in [0.29, 0.717) is 22.7 Å². The van der Waals surface area contributed by atoms with Crippen molar-refractivity contribution in [1.82, 2.24) is 4.98 Å². The van der Waals surface area contributed by atoms with E-state index in [9.17, 15) is 9.59 Å². The first-order chi connectivity index (χ1) is 10.6. The van der Waals surface area contributed by atoms with E-state index in [4.69, 9.17) is 16.3 Å². The summed E-state index contributed by atoms with van der Waals surface area (Å²) in [6, 6.07) is 9.90. The van der Waals surface area contributed by atoms with Crippen molar-refractivity contribution in [2.24, 2.45) is 0 Å². The Hall–Kier alpha value is -2.40. The number of hydrogen-bond donors (Lipinski definition) is 1.